The van der Waals surface area contributed by atoms with E-state index in [-0.39, 0.29) is 12.0 Å². The highest BCUT2D eigenvalue weighted by Gasteiger charge is 2.37. The first kappa shape index (κ1) is 20.7. The predicted molar refractivity (Wildman–Crippen MR) is 148 cm³/mol. The Bertz CT molecular complexity index is 1650. The fourth-order valence-corrected chi connectivity index (χ4v) is 6.97. The Morgan fingerprint density at radius 3 is 2.46 bits per heavy atom. The minimum absolute atomic E-state index is 0.254. The van der Waals surface area contributed by atoms with Crippen molar-refractivity contribution < 1.29 is 10.0 Å². The Labute approximate surface area is 208 Å². The molecule has 5 heteroatoms. The molecule has 1 aromatic heterocycles. The van der Waals surface area contributed by atoms with Gasteiger partial charge in [0.2, 0.25) is 0 Å². The normalized spacial score (nSPS) is 18.3. The molecular weight excluding hydrogens is 449 g/mol. The molecule has 2 heterocycles. The SMILES string of the molecule is OB(O)c1ccc(-c2ccc3c(c2)C2C=CC=CC2N3c2ccccc2)c2sc3ccccc3c12. The molecule has 35 heavy (non-hydrogen) atoms. The van der Waals surface area contributed by atoms with Crippen LogP contribution in [0, 0.1) is 0 Å². The quantitative estimate of drug-likeness (QED) is 0.311. The van der Waals surface area contributed by atoms with Crippen LogP contribution in [0.2, 0.25) is 0 Å². The number of para-hydroxylation sites is 1. The summed E-state index contributed by atoms with van der Waals surface area (Å²) in [7, 11) is -1.51. The maximum Gasteiger partial charge on any atom is 0.489 e. The Hall–Kier alpha value is -3.64. The number of hydrogen-bond acceptors (Lipinski definition) is 4. The average Bonchev–Trinajstić information content (AvgIpc) is 3.44. The van der Waals surface area contributed by atoms with Gasteiger partial charge in [-0.15, -0.1) is 11.3 Å². The fourth-order valence-electron chi connectivity index (χ4n) is 5.69. The molecule has 5 aromatic rings. The minimum Gasteiger partial charge on any atom is -0.423 e. The molecule has 0 spiro atoms. The van der Waals surface area contributed by atoms with Gasteiger partial charge in [-0.25, -0.2) is 0 Å². The summed E-state index contributed by atoms with van der Waals surface area (Å²) in [5.41, 5.74) is 6.58. The van der Waals surface area contributed by atoms with Crippen LogP contribution < -0.4 is 10.4 Å². The Kier molecular flexibility index (Phi) is 4.71. The van der Waals surface area contributed by atoms with Gasteiger partial charge in [0.05, 0.1) is 6.04 Å². The highest BCUT2D eigenvalue weighted by molar-refractivity contribution is 7.26. The van der Waals surface area contributed by atoms with Crippen molar-refractivity contribution in [3.63, 3.8) is 0 Å². The third kappa shape index (κ3) is 3.13. The number of nitrogens with zero attached hydrogens (tertiary/aromatic N) is 1. The molecule has 7 rings (SSSR count). The molecule has 2 N–H and O–H groups in total. The number of benzene rings is 4. The molecule has 0 saturated carbocycles. The highest BCUT2D eigenvalue weighted by atomic mass is 32.1. The van der Waals surface area contributed by atoms with E-state index in [9.17, 15) is 10.0 Å². The van der Waals surface area contributed by atoms with Crippen molar-refractivity contribution in [3.8, 4) is 11.1 Å². The van der Waals surface area contributed by atoms with E-state index in [0.29, 0.717) is 5.46 Å². The number of anilines is 2. The molecule has 0 bridgehead atoms. The van der Waals surface area contributed by atoms with Crippen LogP contribution >= 0.6 is 11.3 Å². The lowest BCUT2D eigenvalue weighted by atomic mass is 9.76. The maximum absolute atomic E-state index is 10.1. The van der Waals surface area contributed by atoms with Gasteiger partial charge in [-0.2, -0.15) is 0 Å². The molecule has 3 nitrogen and oxygen atoms in total. The van der Waals surface area contributed by atoms with E-state index in [1.165, 1.54) is 16.9 Å². The molecule has 1 aliphatic carbocycles. The second kappa shape index (κ2) is 7.96. The standard InChI is InChI=1S/C30H22BNO2S/c33-31(34)25-16-15-21(30-29(25)23-11-5-7-13-28(23)35-30)19-14-17-27-24(18-19)22-10-4-6-12-26(22)32(27)20-8-2-1-3-9-20/h1-18,22,26,33-34H. The smallest absolute Gasteiger partial charge is 0.423 e. The van der Waals surface area contributed by atoms with Crippen LogP contribution in [0.1, 0.15) is 11.5 Å². The molecule has 4 aromatic carbocycles. The van der Waals surface area contributed by atoms with Crippen molar-refractivity contribution in [3.05, 3.63) is 115 Å². The van der Waals surface area contributed by atoms with Gasteiger partial charge in [0.15, 0.2) is 0 Å². The lowest BCUT2D eigenvalue weighted by Gasteiger charge is -2.28. The fraction of sp³-hybridized carbons (Fsp3) is 0.0667. The molecule has 2 aliphatic rings. The largest absolute Gasteiger partial charge is 0.489 e. The summed E-state index contributed by atoms with van der Waals surface area (Å²) >= 11 is 1.71. The topological polar surface area (TPSA) is 43.7 Å². The van der Waals surface area contributed by atoms with Crippen molar-refractivity contribution in [1.82, 2.24) is 0 Å². The van der Waals surface area contributed by atoms with Crippen molar-refractivity contribution in [1.29, 1.82) is 0 Å². The number of hydrogen-bond donors (Lipinski definition) is 2. The summed E-state index contributed by atoms with van der Waals surface area (Å²) in [5.74, 6) is 0.284. The van der Waals surface area contributed by atoms with Gasteiger partial charge in [0, 0.05) is 32.1 Å². The van der Waals surface area contributed by atoms with Crippen LogP contribution in [-0.4, -0.2) is 23.2 Å². The molecule has 1 aliphatic heterocycles. The van der Waals surface area contributed by atoms with Crippen LogP contribution in [0.25, 0.3) is 31.3 Å². The second-order valence-corrected chi connectivity index (χ2v) is 10.2. The van der Waals surface area contributed by atoms with E-state index in [2.05, 4.69) is 89.9 Å². The Morgan fingerprint density at radius 2 is 1.60 bits per heavy atom. The van der Waals surface area contributed by atoms with Crippen molar-refractivity contribution in [2.75, 3.05) is 4.90 Å². The third-order valence-corrected chi connectivity index (χ3v) is 8.44. The Morgan fingerprint density at radius 1 is 0.800 bits per heavy atom. The molecule has 0 saturated heterocycles. The van der Waals surface area contributed by atoms with Crippen LogP contribution in [0.4, 0.5) is 11.4 Å². The Balaban J connectivity index is 1.44. The summed E-state index contributed by atoms with van der Waals surface area (Å²) in [6.07, 6.45) is 8.88. The number of allylic oxidation sites excluding steroid dienone is 2. The van der Waals surface area contributed by atoms with Crippen molar-refractivity contribution >= 4 is 55.5 Å². The van der Waals surface area contributed by atoms with Gasteiger partial charge in [-0.1, -0.05) is 78.9 Å². The summed E-state index contributed by atoms with van der Waals surface area (Å²) in [6.45, 7) is 0. The molecule has 0 amide bonds. The molecule has 168 valence electrons. The van der Waals surface area contributed by atoms with Gasteiger partial charge in [-0.3, -0.25) is 0 Å². The van der Waals surface area contributed by atoms with Crippen LogP contribution in [-0.2, 0) is 0 Å². The summed E-state index contributed by atoms with van der Waals surface area (Å²) in [5, 5.41) is 22.2. The summed E-state index contributed by atoms with van der Waals surface area (Å²) < 4.78 is 2.24. The zero-order chi connectivity index (χ0) is 23.5. The van der Waals surface area contributed by atoms with E-state index in [4.69, 9.17) is 0 Å². The van der Waals surface area contributed by atoms with E-state index < -0.39 is 7.12 Å². The minimum atomic E-state index is -1.51. The van der Waals surface area contributed by atoms with Crippen molar-refractivity contribution in [2.24, 2.45) is 0 Å². The summed E-state index contributed by atoms with van der Waals surface area (Å²) in [6, 6.07) is 29.7. The van der Waals surface area contributed by atoms with Crippen LogP contribution in [0.3, 0.4) is 0 Å². The molecular formula is C30H22BNO2S. The highest BCUT2D eigenvalue weighted by Crippen LogP contribution is 2.49. The van der Waals surface area contributed by atoms with E-state index in [1.54, 1.807) is 11.3 Å². The molecule has 2 atom stereocenters. The van der Waals surface area contributed by atoms with Gasteiger partial charge in [0.25, 0.3) is 0 Å². The zero-order valence-electron chi connectivity index (χ0n) is 18.9. The van der Waals surface area contributed by atoms with Gasteiger partial charge in [0.1, 0.15) is 0 Å². The van der Waals surface area contributed by atoms with Crippen LogP contribution in [0.5, 0.6) is 0 Å². The van der Waals surface area contributed by atoms with E-state index in [1.807, 2.05) is 24.3 Å². The first-order valence-corrected chi connectivity index (χ1v) is 12.7. The predicted octanol–water partition coefficient (Wildman–Crippen LogP) is 6.13. The van der Waals surface area contributed by atoms with E-state index in [0.717, 1.165) is 31.3 Å². The number of rotatable bonds is 3. The molecule has 0 radical (unpaired) electrons. The molecule has 0 fully saturated rings. The molecule has 2 unspecified atom stereocenters. The lowest BCUT2D eigenvalue weighted by Crippen LogP contribution is -2.30. The number of thiophene rings is 1. The monoisotopic (exact) mass is 471 g/mol. The third-order valence-electron chi connectivity index (χ3n) is 7.23. The van der Waals surface area contributed by atoms with Crippen molar-refractivity contribution in [2.45, 2.75) is 12.0 Å². The van der Waals surface area contributed by atoms with Crippen LogP contribution in [0.15, 0.2) is 109 Å². The zero-order valence-corrected chi connectivity index (χ0v) is 19.7. The summed E-state index contributed by atoms with van der Waals surface area (Å²) in [4.78, 5) is 2.43. The van der Waals surface area contributed by atoms with Gasteiger partial charge in [-0.05, 0) is 57.9 Å². The average molecular weight is 471 g/mol. The first-order valence-electron chi connectivity index (χ1n) is 11.8. The lowest BCUT2D eigenvalue weighted by molar-refractivity contribution is 0.426. The first-order chi connectivity index (χ1) is 17.2. The van der Waals surface area contributed by atoms with E-state index >= 15 is 0 Å². The van der Waals surface area contributed by atoms with Gasteiger partial charge < -0.3 is 14.9 Å². The van der Waals surface area contributed by atoms with Gasteiger partial charge >= 0.3 is 7.12 Å². The number of fused-ring (bicyclic) bond motifs is 6. The maximum atomic E-state index is 10.1. The second-order valence-electron chi connectivity index (χ2n) is 9.14.